The number of carbonyl (C=O) groups is 1. The molecule has 0 saturated heterocycles. The van der Waals surface area contributed by atoms with Gasteiger partial charge in [-0.15, -0.1) is 0 Å². The molecule has 0 saturated carbocycles. The van der Waals surface area contributed by atoms with Gasteiger partial charge in [-0.3, -0.25) is 9.78 Å². The number of aldehydes is 1. The Bertz CT molecular complexity index is 886. The van der Waals surface area contributed by atoms with Crippen LogP contribution in [0.2, 0.25) is 0 Å². The minimum absolute atomic E-state index is 0.0587. The highest BCUT2D eigenvalue weighted by atomic mass is 19.1. The van der Waals surface area contributed by atoms with Crippen LogP contribution >= 0.6 is 0 Å². The van der Waals surface area contributed by atoms with Crippen molar-refractivity contribution in [3.63, 3.8) is 0 Å². The molecule has 0 amide bonds. The number of ether oxygens (including phenoxy) is 1. The average Bonchev–Trinajstić information content (AvgIpc) is 2.76. The molecule has 29 heavy (non-hydrogen) atoms. The number of halogens is 2. The largest absolute Gasteiger partial charge is 0.491 e. The molecule has 3 nitrogen and oxygen atoms in total. The van der Waals surface area contributed by atoms with E-state index in [1.54, 1.807) is 25.3 Å². The van der Waals surface area contributed by atoms with Crippen molar-refractivity contribution in [2.75, 3.05) is 7.11 Å². The van der Waals surface area contributed by atoms with Crippen LogP contribution in [0.5, 0.6) is 0 Å². The fourth-order valence-electron chi connectivity index (χ4n) is 2.99. The molecule has 1 aromatic heterocycles. The van der Waals surface area contributed by atoms with Gasteiger partial charge in [-0.05, 0) is 36.1 Å². The normalized spacial score (nSPS) is 12.5. The molecule has 0 spiro atoms. The van der Waals surface area contributed by atoms with E-state index in [4.69, 9.17) is 4.74 Å². The van der Waals surface area contributed by atoms with Gasteiger partial charge in [0.25, 0.3) is 0 Å². The zero-order chi connectivity index (χ0) is 21.2. The zero-order valence-corrected chi connectivity index (χ0v) is 17.2. The number of methoxy groups -OCH3 is 1. The number of nitrogens with zero attached hydrogens (tertiary/aromatic N) is 1. The molecule has 1 aromatic carbocycles. The third kappa shape index (κ3) is 6.08. The van der Waals surface area contributed by atoms with E-state index >= 15 is 0 Å². The molecule has 2 aromatic rings. The maximum Gasteiger partial charge on any atom is 0.185 e. The number of pyridine rings is 1. The lowest BCUT2D eigenvalue weighted by molar-refractivity contribution is 0.112. The van der Waals surface area contributed by atoms with Crippen LogP contribution in [0, 0.1) is 0 Å². The summed E-state index contributed by atoms with van der Waals surface area (Å²) in [5.41, 5.74) is 4.13. The van der Waals surface area contributed by atoms with Gasteiger partial charge in [0.2, 0.25) is 0 Å². The molecule has 0 radical (unpaired) electrons. The fraction of sp³-hybridized carbons (Fsp3) is 0.333. The van der Waals surface area contributed by atoms with Crippen molar-refractivity contribution in [2.24, 2.45) is 0 Å². The molecule has 0 aliphatic carbocycles. The Morgan fingerprint density at radius 2 is 1.90 bits per heavy atom. The van der Waals surface area contributed by atoms with Crippen molar-refractivity contribution < 1.29 is 18.3 Å². The van der Waals surface area contributed by atoms with Gasteiger partial charge in [0.1, 0.15) is 12.1 Å². The Kier molecular flexibility index (Phi) is 8.71. The number of unbranched alkanes of at least 4 members (excludes halogenated alkanes) is 1. The summed E-state index contributed by atoms with van der Waals surface area (Å²) >= 11 is 0. The summed E-state index contributed by atoms with van der Waals surface area (Å²) in [6.07, 6.45) is 7.17. The number of rotatable bonds is 10. The summed E-state index contributed by atoms with van der Waals surface area (Å²) in [7, 11) is 1.25. The first-order valence-electron chi connectivity index (χ1n) is 9.86. The van der Waals surface area contributed by atoms with Crippen LogP contribution < -0.4 is 0 Å². The first-order chi connectivity index (χ1) is 14.0. The third-order valence-corrected chi connectivity index (χ3v) is 4.66. The van der Waals surface area contributed by atoms with Crippen molar-refractivity contribution in [3.05, 3.63) is 76.8 Å². The van der Waals surface area contributed by atoms with Gasteiger partial charge in [0.05, 0.1) is 12.8 Å². The standard InChI is InChI=1S/C24H27F2NO2/c1-4-6-7-18-14-20(19-10-8-17(16-28)9-11-19)23(27-15-18)13-12-22(26)24(29-3)21(25)5-2/h8-12,14-16H,4-7,13H2,1-3H3/b22-12+,24-21-. The summed E-state index contributed by atoms with van der Waals surface area (Å²) in [5.74, 6) is -1.75. The first-order valence-corrected chi connectivity index (χ1v) is 9.86. The van der Waals surface area contributed by atoms with Gasteiger partial charge in [0, 0.05) is 30.2 Å². The summed E-state index contributed by atoms with van der Waals surface area (Å²) < 4.78 is 33.1. The first kappa shape index (κ1) is 22.5. The number of hydrogen-bond donors (Lipinski definition) is 0. The minimum atomic E-state index is -0.744. The molecular weight excluding hydrogens is 372 g/mol. The summed E-state index contributed by atoms with van der Waals surface area (Å²) in [6, 6.07) is 9.24. The Morgan fingerprint density at radius 3 is 2.48 bits per heavy atom. The summed E-state index contributed by atoms with van der Waals surface area (Å²) in [6.45, 7) is 3.73. The van der Waals surface area contributed by atoms with E-state index in [0.29, 0.717) is 11.3 Å². The SMILES string of the molecule is CCCCc1cnc(C/C=C(F)\C(OC)=C(\F)CC)c(-c2ccc(C=O)cc2)c1. The van der Waals surface area contributed by atoms with E-state index < -0.39 is 11.7 Å². The quantitative estimate of drug-likeness (QED) is 0.259. The Hall–Kier alpha value is -2.82. The van der Waals surface area contributed by atoms with Crippen molar-refractivity contribution in [1.29, 1.82) is 0 Å². The Balaban J connectivity index is 2.41. The molecule has 0 bridgehead atoms. The van der Waals surface area contributed by atoms with Crippen molar-refractivity contribution >= 4 is 6.29 Å². The maximum atomic E-state index is 14.4. The van der Waals surface area contributed by atoms with Crippen molar-refractivity contribution in [2.45, 2.75) is 46.0 Å². The number of benzene rings is 1. The summed E-state index contributed by atoms with van der Waals surface area (Å²) in [5, 5.41) is 0. The highest BCUT2D eigenvalue weighted by Crippen LogP contribution is 2.27. The van der Waals surface area contributed by atoms with Gasteiger partial charge in [-0.25, -0.2) is 8.78 Å². The minimum Gasteiger partial charge on any atom is -0.491 e. The average molecular weight is 399 g/mol. The van der Waals surface area contributed by atoms with Crippen LogP contribution in [-0.2, 0) is 17.6 Å². The molecule has 0 aliphatic heterocycles. The van der Waals surface area contributed by atoms with Gasteiger partial charge in [0.15, 0.2) is 11.6 Å². The monoisotopic (exact) mass is 399 g/mol. The number of aryl methyl sites for hydroxylation is 1. The van der Waals surface area contributed by atoms with E-state index in [0.717, 1.165) is 42.2 Å². The van der Waals surface area contributed by atoms with Crippen molar-refractivity contribution in [3.8, 4) is 11.1 Å². The second-order valence-electron chi connectivity index (χ2n) is 6.73. The lowest BCUT2D eigenvalue weighted by Crippen LogP contribution is -1.98. The van der Waals surface area contributed by atoms with Crippen LogP contribution in [-0.4, -0.2) is 18.4 Å². The predicted molar refractivity (Wildman–Crippen MR) is 112 cm³/mol. The zero-order valence-electron chi connectivity index (χ0n) is 17.2. The van der Waals surface area contributed by atoms with E-state index in [2.05, 4.69) is 18.0 Å². The number of carbonyl (C=O) groups excluding carboxylic acids is 1. The molecule has 2 rings (SSSR count). The molecule has 0 fully saturated rings. The predicted octanol–water partition coefficient (Wildman–Crippen LogP) is 6.54. The highest BCUT2D eigenvalue weighted by Gasteiger charge is 2.13. The highest BCUT2D eigenvalue weighted by molar-refractivity contribution is 5.77. The van der Waals surface area contributed by atoms with E-state index in [9.17, 15) is 13.6 Å². The molecule has 0 N–H and O–H groups in total. The molecular formula is C24H27F2NO2. The van der Waals surface area contributed by atoms with Gasteiger partial charge in [-0.1, -0.05) is 44.5 Å². The lowest BCUT2D eigenvalue weighted by Gasteiger charge is -2.11. The number of hydrogen-bond acceptors (Lipinski definition) is 3. The Labute approximate surface area is 171 Å². The van der Waals surface area contributed by atoms with Crippen molar-refractivity contribution in [1.82, 2.24) is 4.98 Å². The maximum absolute atomic E-state index is 14.4. The van der Waals surface area contributed by atoms with Crippen LogP contribution in [0.15, 0.2) is 60.0 Å². The molecule has 1 heterocycles. The smallest absolute Gasteiger partial charge is 0.185 e. The van der Waals surface area contributed by atoms with E-state index in [1.807, 2.05) is 12.1 Å². The van der Waals surface area contributed by atoms with Crippen LogP contribution in [0.3, 0.4) is 0 Å². The molecule has 0 aliphatic rings. The molecule has 5 heteroatoms. The Morgan fingerprint density at radius 1 is 1.17 bits per heavy atom. The molecule has 0 atom stereocenters. The fourth-order valence-corrected chi connectivity index (χ4v) is 2.99. The lowest BCUT2D eigenvalue weighted by atomic mass is 9.98. The van der Waals surface area contributed by atoms with Gasteiger partial charge < -0.3 is 4.74 Å². The van der Waals surface area contributed by atoms with Gasteiger partial charge >= 0.3 is 0 Å². The third-order valence-electron chi connectivity index (χ3n) is 4.66. The second kappa shape index (κ2) is 11.2. The van der Waals surface area contributed by atoms with Crippen LogP contribution in [0.4, 0.5) is 8.78 Å². The van der Waals surface area contributed by atoms with E-state index in [-0.39, 0.29) is 18.6 Å². The topological polar surface area (TPSA) is 39.2 Å². The van der Waals surface area contributed by atoms with E-state index in [1.165, 1.54) is 13.2 Å². The molecule has 154 valence electrons. The molecule has 0 unspecified atom stereocenters. The number of aromatic nitrogens is 1. The van der Waals surface area contributed by atoms with Crippen LogP contribution in [0.25, 0.3) is 11.1 Å². The number of allylic oxidation sites excluding steroid dienone is 3. The second-order valence-corrected chi connectivity index (χ2v) is 6.73. The van der Waals surface area contributed by atoms with Crippen LogP contribution in [0.1, 0.15) is 54.7 Å². The van der Waals surface area contributed by atoms with Gasteiger partial charge in [-0.2, -0.15) is 0 Å². The summed E-state index contributed by atoms with van der Waals surface area (Å²) in [4.78, 5) is 15.5.